The van der Waals surface area contributed by atoms with Gasteiger partial charge in [0.1, 0.15) is 5.82 Å². The maximum Gasteiger partial charge on any atom is 0.417 e. The van der Waals surface area contributed by atoms with Gasteiger partial charge in [-0.3, -0.25) is 0 Å². The number of ether oxygens (including phenoxy) is 1. The number of carbonyl (C=O) groups is 1. The number of hydrogen-bond donors (Lipinski definition) is 0. The molecule has 0 heterocycles. The lowest BCUT2D eigenvalue weighted by Gasteiger charge is -2.10. The van der Waals surface area contributed by atoms with E-state index < -0.39 is 29.1 Å². The number of carbonyl (C=O) groups excluding carboxylic acids is 1. The highest BCUT2D eigenvalue weighted by Crippen LogP contribution is 2.33. The molecule has 0 saturated heterocycles. The molecule has 0 aliphatic rings. The largest absolute Gasteiger partial charge is 0.463 e. The Morgan fingerprint density at radius 2 is 2.06 bits per heavy atom. The van der Waals surface area contributed by atoms with E-state index in [0.29, 0.717) is 0 Å². The van der Waals surface area contributed by atoms with Crippen LogP contribution in [-0.4, -0.2) is 12.6 Å². The molecule has 0 saturated carbocycles. The molecular formula is C12H10F4O2. The van der Waals surface area contributed by atoms with E-state index in [2.05, 4.69) is 4.74 Å². The molecule has 0 spiro atoms. The van der Waals surface area contributed by atoms with Crippen molar-refractivity contribution in [3.8, 4) is 0 Å². The van der Waals surface area contributed by atoms with E-state index >= 15 is 0 Å². The second kappa shape index (κ2) is 5.66. The van der Waals surface area contributed by atoms with Gasteiger partial charge in [-0.15, -0.1) is 0 Å². The van der Waals surface area contributed by atoms with Crippen LogP contribution in [0.2, 0.25) is 0 Å². The molecule has 18 heavy (non-hydrogen) atoms. The van der Waals surface area contributed by atoms with E-state index in [1.54, 1.807) is 6.92 Å². The second-order valence-electron chi connectivity index (χ2n) is 3.28. The highest BCUT2D eigenvalue weighted by Gasteiger charge is 2.33. The topological polar surface area (TPSA) is 26.3 Å². The summed E-state index contributed by atoms with van der Waals surface area (Å²) in [5.74, 6) is -1.88. The molecule has 1 aromatic rings. The summed E-state index contributed by atoms with van der Waals surface area (Å²) >= 11 is 0. The summed E-state index contributed by atoms with van der Waals surface area (Å²) in [5, 5.41) is 0. The van der Waals surface area contributed by atoms with Crippen LogP contribution in [0.3, 0.4) is 0 Å². The third-order valence-electron chi connectivity index (χ3n) is 2.03. The molecule has 1 aromatic carbocycles. The maximum atomic E-state index is 13.3. The van der Waals surface area contributed by atoms with E-state index in [4.69, 9.17) is 0 Å². The molecule has 6 heteroatoms. The summed E-state index contributed by atoms with van der Waals surface area (Å²) in [6.45, 7) is 1.64. The van der Waals surface area contributed by atoms with Crippen molar-refractivity contribution in [2.24, 2.45) is 0 Å². The van der Waals surface area contributed by atoms with Crippen LogP contribution in [0, 0.1) is 5.82 Å². The van der Waals surface area contributed by atoms with Gasteiger partial charge in [-0.1, -0.05) is 6.07 Å². The van der Waals surface area contributed by atoms with E-state index in [9.17, 15) is 22.4 Å². The summed E-state index contributed by atoms with van der Waals surface area (Å²) in [6.07, 6.45) is -3.16. The molecule has 0 amide bonds. The Morgan fingerprint density at radius 1 is 1.39 bits per heavy atom. The van der Waals surface area contributed by atoms with E-state index in [1.165, 1.54) is 0 Å². The highest BCUT2D eigenvalue weighted by atomic mass is 19.4. The number of halogens is 4. The molecule has 0 N–H and O–H groups in total. The minimum absolute atomic E-state index is 0.0899. The predicted molar refractivity (Wildman–Crippen MR) is 57.1 cm³/mol. The summed E-state index contributed by atoms with van der Waals surface area (Å²) in [5.41, 5.74) is -1.82. The average Bonchev–Trinajstić information content (AvgIpc) is 2.26. The second-order valence-corrected chi connectivity index (χ2v) is 3.28. The third-order valence-corrected chi connectivity index (χ3v) is 2.03. The molecule has 0 atom stereocenters. The molecule has 0 fully saturated rings. The number of rotatable bonds is 3. The van der Waals surface area contributed by atoms with Crippen LogP contribution in [-0.2, 0) is 15.7 Å². The lowest BCUT2D eigenvalue weighted by atomic mass is 10.1. The molecule has 2 nitrogen and oxygen atoms in total. The molecule has 0 radical (unpaired) electrons. The summed E-state index contributed by atoms with van der Waals surface area (Å²) in [4.78, 5) is 11.0. The van der Waals surface area contributed by atoms with Gasteiger partial charge in [0.25, 0.3) is 0 Å². The minimum Gasteiger partial charge on any atom is -0.463 e. The molecule has 0 unspecified atom stereocenters. The number of alkyl halides is 3. The summed E-state index contributed by atoms with van der Waals surface area (Å²) in [6, 6.07) is 2.59. The third kappa shape index (κ3) is 3.58. The van der Waals surface area contributed by atoms with Crippen LogP contribution in [0.5, 0.6) is 0 Å². The Balaban J connectivity index is 3.12. The van der Waals surface area contributed by atoms with Crippen LogP contribution in [0.1, 0.15) is 18.1 Å². The van der Waals surface area contributed by atoms with Gasteiger partial charge in [-0.2, -0.15) is 13.2 Å². The monoisotopic (exact) mass is 262 g/mol. The van der Waals surface area contributed by atoms with Gasteiger partial charge in [-0.25, -0.2) is 9.18 Å². The predicted octanol–water partition coefficient (Wildman–Crippen LogP) is 3.42. The van der Waals surface area contributed by atoms with Gasteiger partial charge >= 0.3 is 12.1 Å². The van der Waals surface area contributed by atoms with Crippen molar-refractivity contribution in [2.75, 3.05) is 6.61 Å². The van der Waals surface area contributed by atoms with Crippen molar-refractivity contribution < 1.29 is 27.1 Å². The first-order valence-electron chi connectivity index (χ1n) is 5.06. The van der Waals surface area contributed by atoms with Crippen molar-refractivity contribution >= 4 is 12.0 Å². The first-order chi connectivity index (χ1) is 8.36. The molecule has 98 valence electrons. The van der Waals surface area contributed by atoms with Crippen molar-refractivity contribution in [2.45, 2.75) is 13.1 Å². The molecule has 1 rings (SSSR count). The first-order valence-corrected chi connectivity index (χ1v) is 5.06. The van der Waals surface area contributed by atoms with Crippen molar-refractivity contribution in [1.29, 1.82) is 0 Å². The zero-order valence-electron chi connectivity index (χ0n) is 9.42. The normalized spacial score (nSPS) is 11.8. The Morgan fingerprint density at radius 3 is 2.61 bits per heavy atom. The highest BCUT2D eigenvalue weighted by molar-refractivity contribution is 5.87. The first kappa shape index (κ1) is 14.2. The fourth-order valence-electron chi connectivity index (χ4n) is 1.30. The van der Waals surface area contributed by atoms with Gasteiger partial charge in [0.05, 0.1) is 12.2 Å². The fourth-order valence-corrected chi connectivity index (χ4v) is 1.30. The zero-order chi connectivity index (χ0) is 13.8. The molecule has 0 aromatic heterocycles. The quantitative estimate of drug-likeness (QED) is 0.474. The van der Waals surface area contributed by atoms with Crippen LogP contribution in [0.15, 0.2) is 24.3 Å². The zero-order valence-corrected chi connectivity index (χ0v) is 9.42. The summed E-state index contributed by atoms with van der Waals surface area (Å²) < 4.78 is 55.6. The fraction of sp³-hybridized carbons (Fsp3) is 0.250. The van der Waals surface area contributed by atoms with Crippen molar-refractivity contribution in [3.63, 3.8) is 0 Å². The number of esters is 1. The van der Waals surface area contributed by atoms with Gasteiger partial charge in [0.2, 0.25) is 0 Å². The standard InChI is InChI=1S/C12H10F4O2/c1-2-18-11(17)7-6-8-9(12(14,15)16)4-3-5-10(8)13/h3-7H,2H2,1H3. The molecule has 0 bridgehead atoms. The van der Waals surface area contributed by atoms with E-state index in [-0.39, 0.29) is 6.61 Å². The maximum absolute atomic E-state index is 13.3. The molecule has 0 aliphatic carbocycles. The lowest BCUT2D eigenvalue weighted by Crippen LogP contribution is -2.09. The van der Waals surface area contributed by atoms with Gasteiger partial charge in [0, 0.05) is 11.6 Å². The minimum atomic E-state index is -4.68. The van der Waals surface area contributed by atoms with Crippen LogP contribution in [0.25, 0.3) is 6.08 Å². The Kier molecular flexibility index (Phi) is 4.47. The van der Waals surface area contributed by atoms with Crippen LogP contribution in [0.4, 0.5) is 17.6 Å². The Labute approximate surface area is 101 Å². The van der Waals surface area contributed by atoms with Crippen LogP contribution >= 0.6 is 0 Å². The number of benzene rings is 1. The number of hydrogen-bond acceptors (Lipinski definition) is 2. The van der Waals surface area contributed by atoms with Gasteiger partial charge < -0.3 is 4.74 Å². The Hall–Kier alpha value is -1.85. The average molecular weight is 262 g/mol. The smallest absolute Gasteiger partial charge is 0.417 e. The summed E-state index contributed by atoms with van der Waals surface area (Å²) in [7, 11) is 0. The lowest BCUT2D eigenvalue weighted by molar-refractivity contribution is -0.138. The van der Waals surface area contributed by atoms with E-state index in [1.807, 2.05) is 0 Å². The van der Waals surface area contributed by atoms with Crippen molar-refractivity contribution in [3.05, 3.63) is 41.2 Å². The SMILES string of the molecule is CCOC(=O)C=Cc1c(F)cccc1C(F)(F)F. The van der Waals surface area contributed by atoms with Crippen molar-refractivity contribution in [1.82, 2.24) is 0 Å². The van der Waals surface area contributed by atoms with Crippen LogP contribution < -0.4 is 0 Å². The Bertz CT molecular complexity index is 464. The van der Waals surface area contributed by atoms with Gasteiger partial charge in [-0.05, 0) is 25.1 Å². The molecular weight excluding hydrogens is 252 g/mol. The molecule has 0 aliphatic heterocycles. The van der Waals surface area contributed by atoms with E-state index in [0.717, 1.165) is 30.4 Å². The van der Waals surface area contributed by atoms with Gasteiger partial charge in [0.15, 0.2) is 0 Å².